The molecule has 7 heteroatoms. The van der Waals surface area contributed by atoms with E-state index in [2.05, 4.69) is 0 Å². The van der Waals surface area contributed by atoms with Crippen molar-refractivity contribution in [1.29, 1.82) is 0 Å². The average molecular weight is 433 g/mol. The normalized spacial score (nSPS) is 26.3. The van der Waals surface area contributed by atoms with E-state index < -0.39 is 6.10 Å². The molecule has 2 unspecified atom stereocenters. The molecule has 0 aromatic heterocycles. The second kappa shape index (κ2) is 9.79. The summed E-state index contributed by atoms with van der Waals surface area (Å²) in [4.78, 5) is 11.9. The molecular formula is C23H25ClO6. The number of hydrogen-bond donors (Lipinski definition) is 1. The predicted molar refractivity (Wildman–Crippen MR) is 110 cm³/mol. The van der Waals surface area contributed by atoms with Gasteiger partial charge in [0.05, 0.1) is 25.7 Å². The molecule has 2 aromatic rings. The van der Waals surface area contributed by atoms with Gasteiger partial charge in [-0.05, 0) is 29.8 Å². The minimum atomic E-state index is -0.804. The van der Waals surface area contributed by atoms with Crippen molar-refractivity contribution in [2.75, 3.05) is 13.2 Å². The fraction of sp³-hybridized carbons (Fsp3) is 0.435. The summed E-state index contributed by atoms with van der Waals surface area (Å²) in [6.45, 7) is 0.665. The fourth-order valence-electron chi connectivity index (χ4n) is 3.99. The Bertz CT molecular complexity index is 827. The summed E-state index contributed by atoms with van der Waals surface area (Å²) < 4.78 is 23.1. The Labute approximate surface area is 180 Å². The van der Waals surface area contributed by atoms with Gasteiger partial charge in [0.25, 0.3) is 0 Å². The van der Waals surface area contributed by atoms with Crippen molar-refractivity contribution >= 4 is 17.6 Å². The lowest BCUT2D eigenvalue weighted by atomic mass is 9.97. The van der Waals surface area contributed by atoms with Crippen molar-refractivity contribution in [3.8, 4) is 5.75 Å². The van der Waals surface area contributed by atoms with E-state index in [0.717, 1.165) is 5.56 Å². The van der Waals surface area contributed by atoms with Crippen molar-refractivity contribution in [2.24, 2.45) is 5.92 Å². The molecule has 1 N–H and O–H groups in total. The van der Waals surface area contributed by atoms with Crippen molar-refractivity contribution in [2.45, 2.75) is 43.9 Å². The number of benzene rings is 2. The van der Waals surface area contributed by atoms with Gasteiger partial charge in [-0.15, -0.1) is 0 Å². The van der Waals surface area contributed by atoms with Gasteiger partial charge in [0.1, 0.15) is 30.7 Å². The number of hydrogen-bond acceptors (Lipinski definition) is 6. The molecule has 2 fully saturated rings. The maximum atomic E-state index is 11.9. The molecule has 1 saturated carbocycles. The van der Waals surface area contributed by atoms with E-state index in [1.54, 1.807) is 24.3 Å². The zero-order valence-electron chi connectivity index (χ0n) is 16.5. The number of halogens is 1. The predicted octanol–water partition coefficient (Wildman–Crippen LogP) is 3.39. The van der Waals surface area contributed by atoms with Gasteiger partial charge >= 0.3 is 5.97 Å². The SMILES string of the molecule is O=C1C[C@@H]2C(OCC(O)COc3ccc(Cl)cc3)[C@@H](C[C@@H]2OCc2ccccc2)O1. The number of aliphatic hydroxyl groups excluding tert-OH is 1. The second-order valence-electron chi connectivity index (χ2n) is 7.68. The first-order valence-corrected chi connectivity index (χ1v) is 10.5. The number of rotatable bonds is 9. The Hall–Kier alpha value is -2.12. The Morgan fingerprint density at radius 2 is 1.83 bits per heavy atom. The van der Waals surface area contributed by atoms with Crippen molar-refractivity contribution in [3.05, 3.63) is 65.2 Å². The van der Waals surface area contributed by atoms with Gasteiger partial charge in [-0.2, -0.15) is 0 Å². The van der Waals surface area contributed by atoms with E-state index in [-0.39, 0.29) is 49.8 Å². The smallest absolute Gasteiger partial charge is 0.306 e. The van der Waals surface area contributed by atoms with Crippen LogP contribution in [-0.4, -0.2) is 48.7 Å². The molecule has 0 spiro atoms. The Kier molecular flexibility index (Phi) is 6.89. The minimum Gasteiger partial charge on any atom is -0.491 e. The Balaban J connectivity index is 1.27. The lowest BCUT2D eigenvalue weighted by Gasteiger charge is -2.31. The van der Waals surface area contributed by atoms with Crippen LogP contribution in [0, 0.1) is 5.92 Å². The first-order chi connectivity index (χ1) is 14.6. The highest BCUT2D eigenvalue weighted by atomic mass is 35.5. The van der Waals surface area contributed by atoms with Gasteiger partial charge in [-0.3, -0.25) is 4.79 Å². The third-order valence-electron chi connectivity index (χ3n) is 5.46. The van der Waals surface area contributed by atoms with Gasteiger partial charge in [0.2, 0.25) is 0 Å². The second-order valence-corrected chi connectivity index (χ2v) is 8.12. The van der Waals surface area contributed by atoms with Crippen LogP contribution in [0.15, 0.2) is 54.6 Å². The van der Waals surface area contributed by atoms with E-state index in [9.17, 15) is 9.90 Å². The van der Waals surface area contributed by atoms with E-state index in [0.29, 0.717) is 23.8 Å². The zero-order chi connectivity index (χ0) is 20.9. The summed E-state index contributed by atoms with van der Waals surface area (Å²) >= 11 is 5.85. The van der Waals surface area contributed by atoms with Gasteiger partial charge < -0.3 is 24.1 Å². The molecular weight excluding hydrogens is 408 g/mol. The molecule has 2 aliphatic rings. The highest BCUT2D eigenvalue weighted by molar-refractivity contribution is 6.30. The average Bonchev–Trinajstić information content (AvgIpc) is 2.96. The topological polar surface area (TPSA) is 74.2 Å². The number of fused-ring (bicyclic) bond motifs is 2. The molecule has 0 amide bonds. The van der Waals surface area contributed by atoms with Gasteiger partial charge in [-0.25, -0.2) is 0 Å². The highest BCUT2D eigenvalue weighted by Crippen LogP contribution is 2.40. The Morgan fingerprint density at radius 3 is 2.60 bits per heavy atom. The van der Waals surface area contributed by atoms with E-state index in [4.69, 9.17) is 30.5 Å². The molecule has 1 aliphatic heterocycles. The van der Waals surface area contributed by atoms with Gasteiger partial charge in [0, 0.05) is 17.4 Å². The summed E-state index contributed by atoms with van der Waals surface area (Å²) in [5.41, 5.74) is 1.08. The van der Waals surface area contributed by atoms with Crippen LogP contribution in [0.3, 0.4) is 0 Å². The van der Waals surface area contributed by atoms with Crippen LogP contribution in [0.5, 0.6) is 5.75 Å². The van der Waals surface area contributed by atoms with Crippen molar-refractivity contribution in [3.63, 3.8) is 0 Å². The lowest BCUT2D eigenvalue weighted by molar-refractivity contribution is -0.172. The molecule has 1 aliphatic carbocycles. The minimum absolute atomic E-state index is 0.0793. The highest BCUT2D eigenvalue weighted by Gasteiger charge is 2.51. The number of aliphatic hydroxyl groups is 1. The number of carbonyl (C=O) groups excluding carboxylic acids is 1. The van der Waals surface area contributed by atoms with Gasteiger partial charge in [-0.1, -0.05) is 41.9 Å². The number of ether oxygens (including phenoxy) is 4. The molecule has 1 saturated heterocycles. The van der Waals surface area contributed by atoms with Crippen molar-refractivity contribution in [1.82, 2.24) is 0 Å². The number of carbonyl (C=O) groups is 1. The van der Waals surface area contributed by atoms with Crippen molar-refractivity contribution < 1.29 is 28.8 Å². The van der Waals surface area contributed by atoms with Gasteiger partial charge in [0.15, 0.2) is 0 Å². The largest absolute Gasteiger partial charge is 0.491 e. The summed E-state index contributed by atoms with van der Waals surface area (Å²) in [5, 5.41) is 10.9. The van der Waals surface area contributed by atoms with Crippen LogP contribution in [0.4, 0.5) is 0 Å². The van der Waals surface area contributed by atoms with Crippen LogP contribution < -0.4 is 4.74 Å². The van der Waals surface area contributed by atoms with Crippen LogP contribution in [0.25, 0.3) is 0 Å². The Morgan fingerprint density at radius 1 is 1.07 bits per heavy atom. The quantitative estimate of drug-likeness (QED) is 0.612. The van der Waals surface area contributed by atoms with E-state index in [1.807, 2.05) is 30.3 Å². The standard InChI is InChI=1S/C23H25ClO6/c24-16-6-8-18(9-7-16)27-13-17(25)14-29-23-19-10-22(26)30-21(23)11-20(19)28-12-15-4-2-1-3-5-15/h1-9,17,19-21,23,25H,10-14H2/t17?,19-,20-,21+,23?/m0/s1. The summed E-state index contributed by atoms with van der Waals surface area (Å²) in [7, 11) is 0. The first kappa shape index (κ1) is 21.1. The maximum Gasteiger partial charge on any atom is 0.306 e. The van der Waals surface area contributed by atoms with Crippen LogP contribution >= 0.6 is 11.6 Å². The fourth-order valence-corrected chi connectivity index (χ4v) is 4.12. The molecule has 6 nitrogen and oxygen atoms in total. The summed E-state index contributed by atoms with van der Waals surface area (Å²) in [6.07, 6.45) is -0.686. The first-order valence-electron chi connectivity index (χ1n) is 10.1. The molecule has 5 atom stereocenters. The van der Waals surface area contributed by atoms with Crippen LogP contribution in [-0.2, 0) is 25.6 Å². The molecule has 30 heavy (non-hydrogen) atoms. The summed E-state index contributed by atoms with van der Waals surface area (Å²) in [5.74, 6) is 0.325. The maximum absolute atomic E-state index is 11.9. The molecule has 2 bridgehead atoms. The lowest BCUT2D eigenvalue weighted by Crippen LogP contribution is -2.42. The monoisotopic (exact) mass is 432 g/mol. The number of esters is 1. The third kappa shape index (κ3) is 5.32. The zero-order valence-corrected chi connectivity index (χ0v) is 17.2. The molecule has 1 heterocycles. The third-order valence-corrected chi connectivity index (χ3v) is 5.71. The molecule has 160 valence electrons. The molecule has 2 aromatic carbocycles. The molecule has 0 radical (unpaired) electrons. The van der Waals surface area contributed by atoms with E-state index >= 15 is 0 Å². The van der Waals surface area contributed by atoms with Crippen LogP contribution in [0.2, 0.25) is 5.02 Å². The molecule has 4 rings (SSSR count). The summed E-state index contributed by atoms with van der Waals surface area (Å²) in [6, 6.07) is 16.9. The van der Waals surface area contributed by atoms with Crippen LogP contribution in [0.1, 0.15) is 18.4 Å². The van der Waals surface area contributed by atoms with E-state index in [1.165, 1.54) is 0 Å².